The zero-order valence-electron chi connectivity index (χ0n) is 14.8. The maximum atomic E-state index is 12.3. The number of carbonyl (C=O) groups excluding carboxylic acids is 1. The number of aromatic nitrogens is 2. The van der Waals surface area contributed by atoms with E-state index in [0.717, 1.165) is 11.5 Å². The predicted molar refractivity (Wildman–Crippen MR) is 94.3 cm³/mol. The van der Waals surface area contributed by atoms with Gasteiger partial charge in [-0.3, -0.25) is 4.79 Å². The van der Waals surface area contributed by atoms with E-state index in [1.54, 1.807) is 30.4 Å². The first-order valence-corrected chi connectivity index (χ1v) is 8.66. The van der Waals surface area contributed by atoms with E-state index in [-0.39, 0.29) is 12.0 Å². The first-order chi connectivity index (χ1) is 13.2. The standard InChI is InChI=1S/C19H19N3O5/c1-24-13-4-2-5-14(10-13)26-15-11-22(12-15)18(23)8-7-17-20-19(21-27-17)16-6-3-9-25-16/h2-6,9-10,15H,7-8,11-12H2,1H3. The maximum absolute atomic E-state index is 12.3. The zero-order valence-corrected chi connectivity index (χ0v) is 14.8. The van der Waals surface area contributed by atoms with Gasteiger partial charge in [-0.1, -0.05) is 11.2 Å². The minimum atomic E-state index is -0.00462. The lowest BCUT2D eigenvalue weighted by molar-refractivity contribution is -0.140. The van der Waals surface area contributed by atoms with E-state index in [0.29, 0.717) is 43.4 Å². The summed E-state index contributed by atoms with van der Waals surface area (Å²) in [7, 11) is 1.61. The van der Waals surface area contributed by atoms with Gasteiger partial charge in [0, 0.05) is 18.9 Å². The van der Waals surface area contributed by atoms with Crippen LogP contribution in [-0.2, 0) is 11.2 Å². The summed E-state index contributed by atoms with van der Waals surface area (Å²) in [5.74, 6) is 2.86. The minimum Gasteiger partial charge on any atom is -0.497 e. The molecule has 1 aliphatic rings. The van der Waals surface area contributed by atoms with E-state index >= 15 is 0 Å². The Kier molecular flexibility index (Phi) is 4.78. The molecule has 0 aliphatic carbocycles. The molecule has 0 unspecified atom stereocenters. The van der Waals surface area contributed by atoms with E-state index in [1.807, 2.05) is 24.3 Å². The summed E-state index contributed by atoms with van der Waals surface area (Å²) < 4.78 is 21.4. The lowest BCUT2D eigenvalue weighted by Crippen LogP contribution is -2.56. The SMILES string of the molecule is COc1cccc(OC2CN(C(=O)CCc3nc(-c4ccco4)no3)C2)c1. The molecule has 4 rings (SSSR count). The Hall–Kier alpha value is -3.29. The monoisotopic (exact) mass is 369 g/mol. The van der Waals surface area contributed by atoms with Gasteiger partial charge in [-0.15, -0.1) is 0 Å². The van der Waals surface area contributed by atoms with Crippen LogP contribution >= 0.6 is 0 Å². The van der Waals surface area contributed by atoms with Gasteiger partial charge in [-0.2, -0.15) is 4.98 Å². The number of rotatable bonds is 7. The Morgan fingerprint density at radius 3 is 2.89 bits per heavy atom. The third-order valence-electron chi connectivity index (χ3n) is 4.31. The average molecular weight is 369 g/mol. The Bertz CT molecular complexity index is 900. The van der Waals surface area contributed by atoms with E-state index in [9.17, 15) is 4.79 Å². The van der Waals surface area contributed by atoms with Gasteiger partial charge in [0.1, 0.15) is 17.6 Å². The molecule has 0 spiro atoms. The molecule has 8 heteroatoms. The smallest absolute Gasteiger partial charge is 0.238 e. The van der Waals surface area contributed by atoms with E-state index in [2.05, 4.69) is 10.1 Å². The van der Waals surface area contributed by atoms with Gasteiger partial charge >= 0.3 is 0 Å². The van der Waals surface area contributed by atoms with Gasteiger partial charge in [0.2, 0.25) is 17.6 Å². The quantitative estimate of drug-likeness (QED) is 0.632. The average Bonchev–Trinajstić information content (AvgIpc) is 3.34. The molecule has 1 aliphatic heterocycles. The molecule has 1 amide bonds. The molecule has 27 heavy (non-hydrogen) atoms. The largest absolute Gasteiger partial charge is 0.497 e. The number of likely N-dealkylation sites (tertiary alicyclic amines) is 1. The number of amides is 1. The van der Waals surface area contributed by atoms with Crippen LogP contribution in [0.1, 0.15) is 12.3 Å². The van der Waals surface area contributed by atoms with Gasteiger partial charge < -0.3 is 23.3 Å². The summed E-state index contributed by atoms with van der Waals surface area (Å²) >= 11 is 0. The van der Waals surface area contributed by atoms with Gasteiger partial charge in [0.15, 0.2) is 5.76 Å². The van der Waals surface area contributed by atoms with Crippen molar-refractivity contribution in [3.63, 3.8) is 0 Å². The number of ether oxygens (including phenoxy) is 2. The second-order valence-electron chi connectivity index (χ2n) is 6.21. The molecule has 0 bridgehead atoms. The topological polar surface area (TPSA) is 90.8 Å². The van der Waals surface area contributed by atoms with Crippen molar-refractivity contribution in [2.75, 3.05) is 20.2 Å². The summed E-state index contributed by atoms with van der Waals surface area (Å²) in [6, 6.07) is 10.9. The number of methoxy groups -OCH3 is 1. The highest BCUT2D eigenvalue weighted by Crippen LogP contribution is 2.23. The van der Waals surface area contributed by atoms with Crippen LogP contribution in [0, 0.1) is 0 Å². The highest BCUT2D eigenvalue weighted by atomic mass is 16.5. The number of benzene rings is 1. The summed E-state index contributed by atoms with van der Waals surface area (Å²) in [5, 5.41) is 3.85. The van der Waals surface area contributed by atoms with E-state index < -0.39 is 0 Å². The lowest BCUT2D eigenvalue weighted by Gasteiger charge is -2.39. The fraction of sp³-hybridized carbons (Fsp3) is 0.316. The molecule has 1 aromatic carbocycles. The van der Waals surface area contributed by atoms with Gasteiger partial charge in [-0.25, -0.2) is 0 Å². The molecule has 0 radical (unpaired) electrons. The van der Waals surface area contributed by atoms with Crippen molar-refractivity contribution in [1.29, 1.82) is 0 Å². The molecule has 1 saturated heterocycles. The molecule has 2 aromatic heterocycles. The number of hydrogen-bond donors (Lipinski definition) is 0. The maximum Gasteiger partial charge on any atom is 0.238 e. The Labute approximate surface area is 155 Å². The second kappa shape index (κ2) is 7.53. The number of nitrogens with zero attached hydrogens (tertiary/aromatic N) is 3. The van der Waals surface area contributed by atoms with Crippen molar-refractivity contribution in [3.05, 3.63) is 48.6 Å². The molecule has 3 aromatic rings. The molecular weight excluding hydrogens is 350 g/mol. The molecule has 140 valence electrons. The highest BCUT2D eigenvalue weighted by molar-refractivity contribution is 5.77. The number of hydrogen-bond acceptors (Lipinski definition) is 7. The van der Waals surface area contributed by atoms with Crippen molar-refractivity contribution in [3.8, 4) is 23.1 Å². The van der Waals surface area contributed by atoms with Crippen molar-refractivity contribution in [1.82, 2.24) is 15.0 Å². The van der Waals surface area contributed by atoms with Crippen LogP contribution in [0.5, 0.6) is 11.5 Å². The van der Waals surface area contributed by atoms with Crippen LogP contribution in [0.3, 0.4) is 0 Å². The lowest BCUT2D eigenvalue weighted by atomic mass is 10.1. The number of carbonyl (C=O) groups is 1. The van der Waals surface area contributed by atoms with Crippen LogP contribution in [0.4, 0.5) is 0 Å². The molecule has 0 N–H and O–H groups in total. The van der Waals surface area contributed by atoms with E-state index in [4.69, 9.17) is 18.4 Å². The van der Waals surface area contributed by atoms with Crippen molar-refractivity contribution in [2.24, 2.45) is 0 Å². The predicted octanol–water partition coefficient (Wildman–Crippen LogP) is 2.56. The van der Waals surface area contributed by atoms with E-state index in [1.165, 1.54) is 0 Å². The molecule has 0 atom stereocenters. The van der Waals surface area contributed by atoms with Crippen LogP contribution in [-0.4, -0.2) is 47.3 Å². The van der Waals surface area contributed by atoms with Crippen molar-refractivity contribution >= 4 is 5.91 Å². The van der Waals surface area contributed by atoms with Crippen molar-refractivity contribution in [2.45, 2.75) is 18.9 Å². The first-order valence-electron chi connectivity index (χ1n) is 8.66. The molecule has 0 saturated carbocycles. The fourth-order valence-corrected chi connectivity index (χ4v) is 2.82. The van der Waals surface area contributed by atoms with Crippen LogP contribution < -0.4 is 9.47 Å². The molecule has 3 heterocycles. The Morgan fingerprint density at radius 2 is 2.11 bits per heavy atom. The molecule has 1 fully saturated rings. The van der Waals surface area contributed by atoms with Crippen LogP contribution in [0.2, 0.25) is 0 Å². The van der Waals surface area contributed by atoms with Crippen LogP contribution in [0.15, 0.2) is 51.6 Å². The third-order valence-corrected chi connectivity index (χ3v) is 4.31. The van der Waals surface area contributed by atoms with Gasteiger partial charge in [-0.05, 0) is 24.3 Å². The zero-order chi connectivity index (χ0) is 18.6. The van der Waals surface area contributed by atoms with Crippen molar-refractivity contribution < 1.29 is 23.2 Å². The second-order valence-corrected chi connectivity index (χ2v) is 6.21. The summed E-state index contributed by atoms with van der Waals surface area (Å²) in [6.07, 6.45) is 2.24. The van der Waals surface area contributed by atoms with Gasteiger partial charge in [0.25, 0.3) is 0 Å². The summed E-state index contributed by atoms with van der Waals surface area (Å²) in [5.41, 5.74) is 0. The Morgan fingerprint density at radius 1 is 1.26 bits per heavy atom. The normalized spacial score (nSPS) is 14.0. The van der Waals surface area contributed by atoms with Crippen LogP contribution in [0.25, 0.3) is 11.6 Å². The van der Waals surface area contributed by atoms with Gasteiger partial charge in [0.05, 0.1) is 26.5 Å². The fourth-order valence-electron chi connectivity index (χ4n) is 2.82. The summed E-state index contributed by atoms with van der Waals surface area (Å²) in [6.45, 7) is 1.13. The number of furan rings is 1. The third kappa shape index (κ3) is 3.94. The molecule has 8 nitrogen and oxygen atoms in total. The highest BCUT2D eigenvalue weighted by Gasteiger charge is 2.32. The summed E-state index contributed by atoms with van der Waals surface area (Å²) in [4.78, 5) is 18.3. The Balaban J connectivity index is 1.22. The number of aryl methyl sites for hydroxylation is 1. The minimum absolute atomic E-state index is 0.00462. The first kappa shape index (κ1) is 17.1. The molecular formula is C19H19N3O5.